The molecule has 4 aromatic rings. The van der Waals surface area contributed by atoms with Gasteiger partial charge in [0, 0.05) is 12.6 Å². The molecule has 0 spiro atoms. The van der Waals surface area contributed by atoms with E-state index in [-0.39, 0.29) is 22.9 Å². The first-order valence-electron chi connectivity index (χ1n) is 9.95. The number of anilines is 2. The standard InChI is InChI=1S/C24H20ClN3O3S2/c1-3-15-28(21-13-6-4-11-19(21)25)33(30,31)18-10-8-9-17(16-18)23(29)27(2)24-26-20-12-5-7-14-22(20)32-24/h3-14,16H,1,15H2,2H3. The van der Waals surface area contributed by atoms with Gasteiger partial charge in [-0.3, -0.25) is 14.0 Å². The van der Waals surface area contributed by atoms with Gasteiger partial charge < -0.3 is 0 Å². The Balaban J connectivity index is 1.69. The van der Waals surface area contributed by atoms with Crippen LogP contribution in [0.25, 0.3) is 10.2 Å². The molecule has 0 radical (unpaired) electrons. The summed E-state index contributed by atoms with van der Waals surface area (Å²) in [6.45, 7) is 3.69. The van der Waals surface area contributed by atoms with Gasteiger partial charge in [0.25, 0.3) is 15.9 Å². The molecule has 9 heteroatoms. The van der Waals surface area contributed by atoms with Crippen molar-refractivity contribution in [3.8, 4) is 0 Å². The Labute approximate surface area is 201 Å². The van der Waals surface area contributed by atoms with E-state index in [1.54, 1.807) is 43.4 Å². The number of aromatic nitrogens is 1. The molecule has 33 heavy (non-hydrogen) atoms. The van der Waals surface area contributed by atoms with Gasteiger partial charge >= 0.3 is 0 Å². The topological polar surface area (TPSA) is 70.6 Å². The summed E-state index contributed by atoms with van der Waals surface area (Å²) in [7, 11) is -2.39. The highest BCUT2D eigenvalue weighted by molar-refractivity contribution is 7.92. The number of carbonyl (C=O) groups excluding carboxylic acids is 1. The summed E-state index contributed by atoms with van der Waals surface area (Å²) < 4.78 is 29.1. The lowest BCUT2D eigenvalue weighted by Gasteiger charge is -2.24. The first-order valence-corrected chi connectivity index (χ1v) is 12.6. The van der Waals surface area contributed by atoms with Gasteiger partial charge in [-0.1, -0.05) is 59.3 Å². The van der Waals surface area contributed by atoms with Crippen molar-refractivity contribution in [3.63, 3.8) is 0 Å². The largest absolute Gasteiger partial charge is 0.287 e. The van der Waals surface area contributed by atoms with Crippen molar-refractivity contribution in [2.24, 2.45) is 0 Å². The Morgan fingerprint density at radius 3 is 2.55 bits per heavy atom. The minimum Gasteiger partial charge on any atom is -0.287 e. The van der Waals surface area contributed by atoms with Gasteiger partial charge in [-0.15, -0.1) is 6.58 Å². The van der Waals surface area contributed by atoms with Crippen LogP contribution in [0.15, 0.2) is 90.3 Å². The molecule has 168 valence electrons. The molecule has 0 saturated heterocycles. The monoisotopic (exact) mass is 497 g/mol. The molecule has 4 rings (SSSR count). The minimum atomic E-state index is -4.01. The second kappa shape index (κ2) is 9.35. The fourth-order valence-electron chi connectivity index (χ4n) is 3.30. The van der Waals surface area contributed by atoms with Crippen molar-refractivity contribution >= 4 is 59.9 Å². The van der Waals surface area contributed by atoms with E-state index < -0.39 is 10.0 Å². The molecule has 0 fully saturated rings. The zero-order valence-electron chi connectivity index (χ0n) is 17.7. The number of sulfonamides is 1. The molecule has 0 unspecified atom stereocenters. The fraction of sp³-hybridized carbons (Fsp3) is 0.0833. The maximum atomic E-state index is 13.5. The lowest BCUT2D eigenvalue weighted by atomic mass is 10.2. The molecule has 0 aliphatic rings. The number of nitrogens with zero attached hydrogens (tertiary/aromatic N) is 3. The molecule has 6 nitrogen and oxygen atoms in total. The first kappa shape index (κ1) is 23.0. The molecule has 1 amide bonds. The number of carbonyl (C=O) groups is 1. The lowest BCUT2D eigenvalue weighted by molar-refractivity contribution is 0.0993. The Morgan fingerprint density at radius 2 is 1.82 bits per heavy atom. The molecule has 0 atom stereocenters. The van der Waals surface area contributed by atoms with E-state index >= 15 is 0 Å². The van der Waals surface area contributed by atoms with Gasteiger partial charge in [0.1, 0.15) is 0 Å². The Kier molecular flexibility index (Phi) is 6.51. The number of thiazole rings is 1. The number of para-hydroxylation sites is 2. The van der Waals surface area contributed by atoms with Crippen LogP contribution in [0.2, 0.25) is 5.02 Å². The maximum Gasteiger partial charge on any atom is 0.264 e. The molecule has 0 aliphatic heterocycles. The van der Waals surface area contributed by atoms with Crippen molar-refractivity contribution in [2.75, 3.05) is 22.8 Å². The zero-order valence-corrected chi connectivity index (χ0v) is 20.1. The number of hydrogen-bond donors (Lipinski definition) is 0. The quantitative estimate of drug-likeness (QED) is 0.311. The van der Waals surface area contributed by atoms with E-state index in [2.05, 4.69) is 11.6 Å². The third-order valence-electron chi connectivity index (χ3n) is 4.96. The van der Waals surface area contributed by atoms with Crippen LogP contribution in [0.4, 0.5) is 10.8 Å². The van der Waals surface area contributed by atoms with Gasteiger partial charge in [-0.2, -0.15) is 0 Å². The molecular formula is C24H20ClN3O3S2. The van der Waals surface area contributed by atoms with Crippen LogP contribution in [-0.2, 0) is 10.0 Å². The number of halogens is 1. The zero-order chi connectivity index (χ0) is 23.6. The van der Waals surface area contributed by atoms with Crippen LogP contribution >= 0.6 is 22.9 Å². The third-order valence-corrected chi connectivity index (χ3v) is 8.17. The summed E-state index contributed by atoms with van der Waals surface area (Å²) in [5, 5.41) is 0.824. The van der Waals surface area contributed by atoms with E-state index in [1.165, 1.54) is 38.8 Å². The van der Waals surface area contributed by atoms with Gasteiger partial charge in [0.15, 0.2) is 5.13 Å². The normalized spacial score (nSPS) is 11.3. The van der Waals surface area contributed by atoms with Crippen molar-refractivity contribution in [2.45, 2.75) is 4.90 Å². The summed E-state index contributed by atoms with van der Waals surface area (Å²) in [6.07, 6.45) is 1.48. The summed E-state index contributed by atoms with van der Waals surface area (Å²) in [5.41, 5.74) is 1.37. The third kappa shape index (κ3) is 4.50. The van der Waals surface area contributed by atoms with E-state index in [0.717, 1.165) is 10.2 Å². The minimum absolute atomic E-state index is 0.0205. The van der Waals surface area contributed by atoms with Gasteiger partial charge in [-0.05, 0) is 42.5 Å². The van der Waals surface area contributed by atoms with Crippen LogP contribution in [0.3, 0.4) is 0 Å². The molecule has 0 aliphatic carbocycles. The number of rotatable bonds is 7. The van der Waals surface area contributed by atoms with E-state index in [4.69, 9.17) is 11.6 Å². The van der Waals surface area contributed by atoms with Gasteiger partial charge in [0.2, 0.25) is 0 Å². The summed E-state index contributed by atoms with van der Waals surface area (Å²) in [5.74, 6) is -0.362. The summed E-state index contributed by atoms with van der Waals surface area (Å²) >= 11 is 7.66. The van der Waals surface area contributed by atoms with E-state index in [1.807, 2.05) is 24.3 Å². The fourth-order valence-corrected chi connectivity index (χ4v) is 6.01. The first-order chi connectivity index (χ1) is 15.8. The molecule has 1 heterocycles. The average Bonchev–Trinajstić information content (AvgIpc) is 3.26. The van der Waals surface area contributed by atoms with Crippen LogP contribution < -0.4 is 9.21 Å². The number of benzene rings is 3. The van der Waals surface area contributed by atoms with Gasteiger partial charge in [-0.25, -0.2) is 13.4 Å². The lowest BCUT2D eigenvalue weighted by Crippen LogP contribution is -2.32. The number of fused-ring (bicyclic) bond motifs is 1. The van der Waals surface area contributed by atoms with Crippen molar-refractivity contribution in [1.29, 1.82) is 0 Å². The average molecular weight is 498 g/mol. The number of hydrogen-bond acceptors (Lipinski definition) is 5. The molecule has 3 aromatic carbocycles. The van der Waals surface area contributed by atoms with Crippen LogP contribution in [0.1, 0.15) is 10.4 Å². The predicted octanol–water partition coefficient (Wildman–Crippen LogP) is 5.61. The van der Waals surface area contributed by atoms with Crippen molar-refractivity contribution < 1.29 is 13.2 Å². The summed E-state index contributed by atoms with van der Waals surface area (Å²) in [4.78, 5) is 19.1. The Hall–Kier alpha value is -3.20. The van der Waals surface area contributed by atoms with Crippen molar-refractivity contribution in [1.82, 2.24) is 4.98 Å². The van der Waals surface area contributed by atoms with Gasteiger partial charge in [0.05, 0.1) is 32.4 Å². The van der Waals surface area contributed by atoms with E-state index in [0.29, 0.717) is 15.8 Å². The van der Waals surface area contributed by atoms with Crippen LogP contribution in [-0.4, -0.2) is 32.9 Å². The predicted molar refractivity (Wildman–Crippen MR) is 135 cm³/mol. The summed E-state index contributed by atoms with van der Waals surface area (Å²) in [6, 6.07) is 20.2. The van der Waals surface area contributed by atoms with Crippen LogP contribution in [0, 0.1) is 0 Å². The molecule has 0 saturated carbocycles. The highest BCUT2D eigenvalue weighted by Gasteiger charge is 2.27. The molecule has 0 N–H and O–H groups in total. The second-order valence-electron chi connectivity index (χ2n) is 7.13. The van der Waals surface area contributed by atoms with Crippen LogP contribution in [0.5, 0.6) is 0 Å². The molecule has 0 bridgehead atoms. The number of amides is 1. The maximum absolute atomic E-state index is 13.5. The Bertz CT molecular complexity index is 1420. The SMILES string of the molecule is C=CCN(c1ccccc1Cl)S(=O)(=O)c1cccc(C(=O)N(C)c2nc3ccccc3s2)c1. The Morgan fingerprint density at radius 1 is 1.09 bits per heavy atom. The van der Waals surface area contributed by atoms with E-state index in [9.17, 15) is 13.2 Å². The molecular weight excluding hydrogens is 478 g/mol. The van der Waals surface area contributed by atoms with Crippen molar-refractivity contribution in [3.05, 3.63) is 96.0 Å². The second-order valence-corrected chi connectivity index (χ2v) is 10.4. The highest BCUT2D eigenvalue weighted by Crippen LogP contribution is 2.32. The smallest absolute Gasteiger partial charge is 0.264 e. The molecule has 1 aromatic heterocycles. The highest BCUT2D eigenvalue weighted by atomic mass is 35.5.